The van der Waals surface area contributed by atoms with Crippen molar-refractivity contribution in [3.63, 3.8) is 0 Å². The second kappa shape index (κ2) is 5.71. The fraction of sp³-hybridized carbons (Fsp3) is 0.615. The molecule has 1 atom stereocenters. The molecule has 0 amide bonds. The lowest BCUT2D eigenvalue weighted by atomic mass is 9.98. The third-order valence-electron chi connectivity index (χ3n) is 2.75. The lowest BCUT2D eigenvalue weighted by molar-refractivity contribution is 0.577. The van der Waals surface area contributed by atoms with Crippen molar-refractivity contribution in [1.29, 1.82) is 0 Å². The van der Waals surface area contributed by atoms with Crippen LogP contribution in [0, 0.1) is 0 Å². The first-order valence-electron chi connectivity index (χ1n) is 6.39. The van der Waals surface area contributed by atoms with Crippen molar-refractivity contribution >= 4 is 27.3 Å². The van der Waals surface area contributed by atoms with Crippen LogP contribution in [0.5, 0.6) is 0 Å². The Kier molecular flexibility index (Phi) is 4.40. The number of hydrogen-bond acceptors (Lipinski definition) is 4. The summed E-state index contributed by atoms with van der Waals surface area (Å²) >= 11 is 5.30. The Hall–Kier alpha value is -0.750. The minimum Gasteiger partial charge on any atom is -0.246 e. The Balaban J connectivity index is 2.09. The first-order chi connectivity index (χ1) is 8.90. The fourth-order valence-corrected chi connectivity index (χ4v) is 2.74. The minimum atomic E-state index is 0.111. The SMILES string of the molecule is CCC(Br)c1cn(Cc2csc(C(C)(C)C)n2)nn1. The van der Waals surface area contributed by atoms with Gasteiger partial charge in [-0.1, -0.05) is 48.8 Å². The number of aromatic nitrogens is 4. The van der Waals surface area contributed by atoms with Gasteiger partial charge in [0.15, 0.2) is 0 Å². The van der Waals surface area contributed by atoms with Crippen LogP contribution in [0.25, 0.3) is 0 Å². The molecule has 104 valence electrons. The van der Waals surface area contributed by atoms with E-state index in [2.05, 4.69) is 64.3 Å². The molecule has 0 aliphatic heterocycles. The van der Waals surface area contributed by atoms with Gasteiger partial charge < -0.3 is 0 Å². The molecule has 2 heterocycles. The molecular weight excluding hydrogens is 324 g/mol. The van der Waals surface area contributed by atoms with Gasteiger partial charge in [-0.2, -0.15) is 0 Å². The van der Waals surface area contributed by atoms with E-state index < -0.39 is 0 Å². The Morgan fingerprint density at radius 2 is 2.16 bits per heavy atom. The van der Waals surface area contributed by atoms with Crippen molar-refractivity contribution in [3.8, 4) is 0 Å². The maximum Gasteiger partial charge on any atom is 0.0982 e. The van der Waals surface area contributed by atoms with Crippen LogP contribution < -0.4 is 0 Å². The van der Waals surface area contributed by atoms with E-state index in [1.54, 1.807) is 11.3 Å². The van der Waals surface area contributed by atoms with Crippen LogP contribution in [-0.2, 0) is 12.0 Å². The summed E-state index contributed by atoms with van der Waals surface area (Å²) in [7, 11) is 0. The molecule has 0 fully saturated rings. The highest BCUT2D eigenvalue weighted by Crippen LogP contribution is 2.26. The van der Waals surface area contributed by atoms with E-state index in [1.165, 1.54) is 0 Å². The molecule has 0 radical (unpaired) electrons. The van der Waals surface area contributed by atoms with Crippen molar-refractivity contribution in [2.24, 2.45) is 0 Å². The zero-order chi connectivity index (χ0) is 14.0. The lowest BCUT2D eigenvalue weighted by Gasteiger charge is -2.13. The summed E-state index contributed by atoms with van der Waals surface area (Å²) in [6, 6.07) is 0. The number of thiazole rings is 1. The van der Waals surface area contributed by atoms with E-state index in [0.717, 1.165) is 22.8 Å². The van der Waals surface area contributed by atoms with E-state index in [1.807, 2.05) is 10.9 Å². The molecule has 0 aromatic carbocycles. The Labute approximate surface area is 126 Å². The van der Waals surface area contributed by atoms with E-state index in [-0.39, 0.29) is 10.2 Å². The van der Waals surface area contributed by atoms with Gasteiger partial charge in [-0.05, 0) is 6.42 Å². The van der Waals surface area contributed by atoms with Crippen LogP contribution in [0.15, 0.2) is 11.6 Å². The summed E-state index contributed by atoms with van der Waals surface area (Å²) in [4.78, 5) is 4.95. The van der Waals surface area contributed by atoms with Gasteiger partial charge in [-0.25, -0.2) is 9.67 Å². The van der Waals surface area contributed by atoms with Gasteiger partial charge >= 0.3 is 0 Å². The first-order valence-corrected chi connectivity index (χ1v) is 8.18. The smallest absolute Gasteiger partial charge is 0.0982 e. The lowest BCUT2D eigenvalue weighted by Crippen LogP contribution is -2.11. The van der Waals surface area contributed by atoms with E-state index in [4.69, 9.17) is 0 Å². The summed E-state index contributed by atoms with van der Waals surface area (Å²) in [5.41, 5.74) is 2.14. The summed E-state index contributed by atoms with van der Waals surface area (Å²) in [6.45, 7) is 9.34. The molecule has 0 saturated carbocycles. The molecule has 0 N–H and O–H groups in total. The normalized spacial score (nSPS) is 13.7. The van der Waals surface area contributed by atoms with Gasteiger partial charge in [0.2, 0.25) is 0 Å². The zero-order valence-corrected chi connectivity index (χ0v) is 14.1. The van der Waals surface area contributed by atoms with E-state index in [9.17, 15) is 0 Å². The quantitative estimate of drug-likeness (QED) is 0.790. The molecule has 0 saturated heterocycles. The topological polar surface area (TPSA) is 43.6 Å². The van der Waals surface area contributed by atoms with Gasteiger partial charge in [0.25, 0.3) is 0 Å². The molecule has 2 rings (SSSR count). The molecule has 2 aromatic rings. The highest BCUT2D eigenvalue weighted by atomic mass is 79.9. The second-order valence-corrected chi connectivity index (χ2v) is 7.57. The zero-order valence-electron chi connectivity index (χ0n) is 11.7. The second-order valence-electron chi connectivity index (χ2n) is 5.61. The Morgan fingerprint density at radius 1 is 1.42 bits per heavy atom. The largest absolute Gasteiger partial charge is 0.246 e. The highest BCUT2D eigenvalue weighted by Gasteiger charge is 2.18. The molecule has 0 aliphatic rings. The summed E-state index contributed by atoms with van der Waals surface area (Å²) < 4.78 is 1.85. The van der Waals surface area contributed by atoms with Crippen LogP contribution in [0.1, 0.15) is 55.3 Å². The van der Waals surface area contributed by atoms with E-state index >= 15 is 0 Å². The maximum atomic E-state index is 4.67. The maximum absolute atomic E-state index is 4.67. The van der Waals surface area contributed by atoms with Gasteiger partial charge in [0.05, 0.1) is 34.0 Å². The summed E-state index contributed by atoms with van der Waals surface area (Å²) in [5, 5.41) is 11.6. The number of rotatable bonds is 4. The average molecular weight is 343 g/mol. The van der Waals surface area contributed by atoms with Gasteiger partial charge in [0, 0.05) is 10.8 Å². The van der Waals surface area contributed by atoms with Crippen molar-refractivity contribution in [2.75, 3.05) is 0 Å². The predicted molar refractivity (Wildman–Crippen MR) is 81.9 cm³/mol. The Morgan fingerprint density at radius 3 is 2.74 bits per heavy atom. The molecule has 0 spiro atoms. The van der Waals surface area contributed by atoms with Crippen LogP contribution in [0.3, 0.4) is 0 Å². The van der Waals surface area contributed by atoms with Crippen molar-refractivity contribution in [1.82, 2.24) is 20.0 Å². The van der Waals surface area contributed by atoms with Crippen molar-refractivity contribution in [3.05, 3.63) is 28.0 Å². The van der Waals surface area contributed by atoms with Crippen LogP contribution in [-0.4, -0.2) is 20.0 Å². The molecule has 2 aromatic heterocycles. The number of alkyl halides is 1. The highest BCUT2D eigenvalue weighted by molar-refractivity contribution is 9.09. The van der Waals surface area contributed by atoms with E-state index in [0.29, 0.717) is 6.54 Å². The molecule has 19 heavy (non-hydrogen) atoms. The van der Waals surface area contributed by atoms with Crippen LogP contribution in [0.2, 0.25) is 0 Å². The van der Waals surface area contributed by atoms with Gasteiger partial charge in [-0.15, -0.1) is 16.4 Å². The number of hydrogen-bond donors (Lipinski definition) is 0. The fourth-order valence-electron chi connectivity index (χ4n) is 1.63. The molecule has 6 heteroatoms. The van der Waals surface area contributed by atoms with Gasteiger partial charge in [0.1, 0.15) is 0 Å². The standard InChI is InChI=1S/C13H19BrN4S/c1-5-10(14)11-7-18(17-16-11)6-9-8-19-12(15-9)13(2,3)4/h7-8,10H,5-6H2,1-4H3. The molecular formula is C13H19BrN4S. The van der Waals surface area contributed by atoms with Crippen molar-refractivity contribution < 1.29 is 0 Å². The number of nitrogens with zero attached hydrogens (tertiary/aromatic N) is 4. The van der Waals surface area contributed by atoms with Gasteiger partial charge in [-0.3, -0.25) is 0 Å². The van der Waals surface area contributed by atoms with Crippen molar-refractivity contribution in [2.45, 2.75) is 50.9 Å². The third kappa shape index (κ3) is 3.63. The average Bonchev–Trinajstić information content (AvgIpc) is 2.97. The van der Waals surface area contributed by atoms with Crippen LogP contribution in [0.4, 0.5) is 0 Å². The molecule has 4 nitrogen and oxygen atoms in total. The first kappa shape index (κ1) is 14.7. The number of halogens is 1. The van der Waals surface area contributed by atoms with Crippen LogP contribution >= 0.6 is 27.3 Å². The Bertz CT molecular complexity index is 541. The molecule has 1 unspecified atom stereocenters. The third-order valence-corrected chi connectivity index (χ3v) is 5.19. The monoisotopic (exact) mass is 342 g/mol. The summed E-state index contributed by atoms with van der Waals surface area (Å²) in [5.74, 6) is 0. The predicted octanol–water partition coefficient (Wildman–Crippen LogP) is 3.93. The molecule has 0 bridgehead atoms. The molecule has 0 aliphatic carbocycles. The minimum absolute atomic E-state index is 0.111. The summed E-state index contributed by atoms with van der Waals surface area (Å²) in [6.07, 6.45) is 2.99.